The van der Waals surface area contributed by atoms with Crippen LogP contribution in [0.15, 0.2) is 23.2 Å². The van der Waals surface area contributed by atoms with Gasteiger partial charge < -0.3 is 24.8 Å². The van der Waals surface area contributed by atoms with E-state index in [9.17, 15) is 0 Å². The summed E-state index contributed by atoms with van der Waals surface area (Å²) < 4.78 is 16.9. The van der Waals surface area contributed by atoms with Crippen molar-refractivity contribution in [2.45, 2.75) is 39.3 Å². The lowest BCUT2D eigenvalue weighted by atomic mass is 10.1. The second-order valence-electron chi connectivity index (χ2n) is 6.12. The van der Waals surface area contributed by atoms with Crippen LogP contribution < -0.4 is 15.4 Å². The molecule has 1 unspecified atom stereocenters. The second kappa shape index (κ2) is 13.2. The molecule has 0 spiro atoms. The molecule has 0 radical (unpaired) electrons. The Morgan fingerprint density at radius 1 is 1.35 bits per heavy atom. The highest BCUT2D eigenvalue weighted by atomic mass is 127. The Hall–Kier alpha value is -1.06. The van der Waals surface area contributed by atoms with E-state index >= 15 is 0 Å². The highest BCUT2D eigenvalue weighted by Gasteiger charge is 2.18. The number of ether oxygens (including phenoxy) is 3. The topological polar surface area (TPSA) is 64.1 Å². The summed E-state index contributed by atoms with van der Waals surface area (Å²) in [5.74, 6) is 1.71. The maximum Gasteiger partial charge on any atom is 0.191 e. The minimum Gasteiger partial charge on any atom is -0.488 e. The van der Waals surface area contributed by atoms with Gasteiger partial charge in [0.15, 0.2) is 5.96 Å². The van der Waals surface area contributed by atoms with E-state index in [0.29, 0.717) is 13.2 Å². The number of halogens is 1. The van der Waals surface area contributed by atoms with Gasteiger partial charge in [-0.2, -0.15) is 0 Å². The quantitative estimate of drug-likeness (QED) is 0.248. The number of guanidine groups is 1. The van der Waals surface area contributed by atoms with Crippen molar-refractivity contribution in [3.8, 4) is 5.75 Å². The van der Waals surface area contributed by atoms with Crippen LogP contribution in [0.5, 0.6) is 5.75 Å². The van der Waals surface area contributed by atoms with Gasteiger partial charge in [-0.3, -0.25) is 4.99 Å². The van der Waals surface area contributed by atoms with Crippen molar-refractivity contribution in [3.63, 3.8) is 0 Å². The van der Waals surface area contributed by atoms with Crippen LogP contribution in [0.3, 0.4) is 0 Å². The van der Waals surface area contributed by atoms with Crippen LogP contribution in [0.4, 0.5) is 0 Å². The zero-order valence-corrected chi connectivity index (χ0v) is 18.4. The highest BCUT2D eigenvalue weighted by Crippen LogP contribution is 2.23. The van der Waals surface area contributed by atoms with E-state index in [1.54, 1.807) is 7.05 Å². The first-order chi connectivity index (χ1) is 12.2. The summed E-state index contributed by atoms with van der Waals surface area (Å²) in [5.41, 5.74) is 2.31. The van der Waals surface area contributed by atoms with E-state index < -0.39 is 0 Å². The Morgan fingerprint density at radius 3 is 2.88 bits per heavy atom. The maximum atomic E-state index is 6.14. The van der Waals surface area contributed by atoms with Gasteiger partial charge in [0.1, 0.15) is 11.9 Å². The molecule has 26 heavy (non-hydrogen) atoms. The predicted octanol–water partition coefficient (Wildman–Crippen LogP) is 2.87. The Labute approximate surface area is 174 Å². The molecule has 7 heteroatoms. The van der Waals surface area contributed by atoms with E-state index in [2.05, 4.69) is 40.7 Å². The minimum atomic E-state index is 0. The van der Waals surface area contributed by atoms with Crippen LogP contribution in [-0.4, -0.2) is 52.1 Å². The Kier molecular flexibility index (Phi) is 11.6. The molecular weight excluding hydrogens is 445 g/mol. The van der Waals surface area contributed by atoms with Crippen molar-refractivity contribution < 1.29 is 14.2 Å². The van der Waals surface area contributed by atoms with Gasteiger partial charge in [-0.05, 0) is 31.9 Å². The van der Waals surface area contributed by atoms with E-state index in [1.165, 1.54) is 5.56 Å². The van der Waals surface area contributed by atoms with Crippen LogP contribution in [0, 0.1) is 6.92 Å². The molecule has 1 heterocycles. The summed E-state index contributed by atoms with van der Waals surface area (Å²) in [4.78, 5) is 4.26. The molecule has 1 aliphatic rings. The van der Waals surface area contributed by atoms with E-state index in [1.807, 2.05) is 6.92 Å². The van der Waals surface area contributed by atoms with Crippen LogP contribution in [0.1, 0.15) is 30.9 Å². The number of nitrogens with one attached hydrogen (secondary N) is 2. The fraction of sp³-hybridized carbons (Fsp3) is 0.632. The first-order valence-corrected chi connectivity index (χ1v) is 9.09. The van der Waals surface area contributed by atoms with Crippen LogP contribution in [0.25, 0.3) is 0 Å². The molecule has 0 amide bonds. The van der Waals surface area contributed by atoms with Crippen LogP contribution in [-0.2, 0) is 16.0 Å². The lowest BCUT2D eigenvalue weighted by molar-refractivity contribution is 0.140. The molecule has 2 rings (SSSR count). The van der Waals surface area contributed by atoms with Crippen molar-refractivity contribution in [3.05, 3.63) is 29.3 Å². The molecule has 2 N–H and O–H groups in total. The molecule has 1 aromatic rings. The zero-order chi connectivity index (χ0) is 17.9. The highest BCUT2D eigenvalue weighted by molar-refractivity contribution is 14.0. The molecule has 1 atom stereocenters. The molecule has 0 saturated carbocycles. The molecule has 1 aromatic carbocycles. The second-order valence-corrected chi connectivity index (χ2v) is 6.12. The lowest BCUT2D eigenvalue weighted by Crippen LogP contribution is -2.37. The van der Waals surface area contributed by atoms with Gasteiger partial charge in [0.05, 0.1) is 13.2 Å². The molecule has 0 bridgehead atoms. The number of hydrogen-bond donors (Lipinski definition) is 2. The monoisotopic (exact) mass is 477 g/mol. The molecule has 148 valence electrons. The van der Waals surface area contributed by atoms with Crippen LogP contribution in [0.2, 0.25) is 0 Å². The number of aryl methyl sites for hydroxylation is 1. The number of aliphatic imine (C=N–C) groups is 1. The molecule has 0 aromatic heterocycles. The van der Waals surface area contributed by atoms with E-state index in [4.69, 9.17) is 14.2 Å². The number of nitrogens with zero attached hydrogens (tertiary/aromatic N) is 1. The van der Waals surface area contributed by atoms with Crippen molar-refractivity contribution in [2.24, 2.45) is 4.99 Å². The van der Waals surface area contributed by atoms with Crippen molar-refractivity contribution >= 4 is 29.9 Å². The standard InChI is InChI=1S/C19H31N3O3.HI/c1-4-23-10-5-9-21-19(20-3)22-13-16-7-6-15(2)12-18(16)25-17-8-11-24-14-17;/h6-7,12,17H,4-5,8-11,13-14H2,1-3H3,(H2,20,21,22);1H. The van der Waals surface area contributed by atoms with Gasteiger partial charge in [0.2, 0.25) is 0 Å². The van der Waals surface area contributed by atoms with E-state index in [0.717, 1.165) is 56.5 Å². The first kappa shape index (κ1) is 23.0. The van der Waals surface area contributed by atoms with Gasteiger partial charge in [-0.25, -0.2) is 0 Å². The van der Waals surface area contributed by atoms with Crippen molar-refractivity contribution in [1.82, 2.24) is 10.6 Å². The first-order valence-electron chi connectivity index (χ1n) is 9.09. The number of hydrogen-bond acceptors (Lipinski definition) is 4. The van der Waals surface area contributed by atoms with Gasteiger partial charge >= 0.3 is 0 Å². The van der Waals surface area contributed by atoms with Crippen molar-refractivity contribution in [1.29, 1.82) is 0 Å². The fourth-order valence-electron chi connectivity index (χ4n) is 2.63. The lowest BCUT2D eigenvalue weighted by Gasteiger charge is -2.18. The number of rotatable bonds is 9. The SMILES string of the molecule is CCOCCCNC(=NC)NCc1ccc(C)cc1OC1CCOC1.I. The molecule has 0 aliphatic carbocycles. The molecule has 1 fully saturated rings. The summed E-state index contributed by atoms with van der Waals surface area (Å²) in [7, 11) is 1.78. The molecular formula is C19H32IN3O3. The van der Waals surface area contributed by atoms with Crippen molar-refractivity contribution in [2.75, 3.05) is 40.0 Å². The minimum absolute atomic E-state index is 0. The summed E-state index contributed by atoms with van der Waals surface area (Å²) in [6.45, 7) is 8.55. The summed E-state index contributed by atoms with van der Waals surface area (Å²) in [6, 6.07) is 6.30. The van der Waals surface area contributed by atoms with E-state index in [-0.39, 0.29) is 30.1 Å². The number of benzene rings is 1. The molecule has 6 nitrogen and oxygen atoms in total. The van der Waals surface area contributed by atoms with Gasteiger partial charge in [-0.15, -0.1) is 24.0 Å². The molecule has 1 saturated heterocycles. The largest absolute Gasteiger partial charge is 0.488 e. The van der Waals surface area contributed by atoms with Gasteiger partial charge in [0.25, 0.3) is 0 Å². The fourth-order valence-corrected chi connectivity index (χ4v) is 2.63. The molecule has 1 aliphatic heterocycles. The normalized spacial score (nSPS) is 16.9. The average molecular weight is 477 g/mol. The third-order valence-electron chi connectivity index (χ3n) is 4.04. The smallest absolute Gasteiger partial charge is 0.191 e. The Morgan fingerprint density at radius 2 is 2.19 bits per heavy atom. The summed E-state index contributed by atoms with van der Waals surface area (Å²) in [5, 5.41) is 6.65. The summed E-state index contributed by atoms with van der Waals surface area (Å²) >= 11 is 0. The van der Waals surface area contributed by atoms with Crippen LogP contribution >= 0.6 is 24.0 Å². The third kappa shape index (κ3) is 8.09. The van der Waals surface area contributed by atoms with Gasteiger partial charge in [0, 0.05) is 45.3 Å². The Bertz CT molecular complexity index is 549. The Balaban J connectivity index is 0.00000338. The third-order valence-corrected chi connectivity index (χ3v) is 4.04. The summed E-state index contributed by atoms with van der Waals surface area (Å²) in [6.07, 6.45) is 2.05. The average Bonchev–Trinajstić information content (AvgIpc) is 3.12. The predicted molar refractivity (Wildman–Crippen MR) is 116 cm³/mol. The maximum absolute atomic E-state index is 6.14. The van der Waals surface area contributed by atoms with Gasteiger partial charge in [-0.1, -0.05) is 12.1 Å². The zero-order valence-electron chi connectivity index (χ0n) is 16.0.